The Morgan fingerprint density at radius 3 is 2.50 bits per heavy atom. The molecule has 16 heavy (non-hydrogen) atoms. The average Bonchev–Trinajstić information content (AvgIpc) is 2.24. The van der Waals surface area contributed by atoms with E-state index >= 15 is 0 Å². The summed E-state index contributed by atoms with van der Waals surface area (Å²) in [5.41, 5.74) is 0. The molecule has 0 aromatic rings. The van der Waals surface area contributed by atoms with Crippen LogP contribution in [-0.4, -0.2) is 53.4 Å². The number of nitriles is 1. The van der Waals surface area contributed by atoms with Crippen molar-refractivity contribution < 1.29 is 19.8 Å². The van der Waals surface area contributed by atoms with E-state index in [4.69, 9.17) is 15.5 Å². The third kappa shape index (κ3) is 4.61. The Morgan fingerprint density at radius 1 is 1.56 bits per heavy atom. The molecule has 0 bridgehead atoms. The van der Waals surface area contributed by atoms with Gasteiger partial charge in [-0.15, -0.1) is 0 Å². The number of urea groups is 1. The summed E-state index contributed by atoms with van der Waals surface area (Å²) in [6, 6.07) is -0.00874. The van der Waals surface area contributed by atoms with Gasteiger partial charge in [-0.25, -0.2) is 9.59 Å². The van der Waals surface area contributed by atoms with E-state index in [1.807, 2.05) is 6.07 Å². The van der Waals surface area contributed by atoms with Crippen molar-refractivity contribution in [1.29, 1.82) is 5.26 Å². The van der Waals surface area contributed by atoms with Crippen LogP contribution in [0.25, 0.3) is 0 Å². The number of amides is 2. The normalized spacial score (nSPS) is 13.4. The molecular weight excluding hydrogens is 214 g/mol. The first kappa shape index (κ1) is 14.2. The van der Waals surface area contributed by atoms with Crippen LogP contribution in [0.15, 0.2) is 0 Å². The van der Waals surface area contributed by atoms with Gasteiger partial charge in [0.25, 0.3) is 0 Å². The Labute approximate surface area is 93.3 Å². The SMILES string of the molecule is CC(C#N)CN(C)C(=O)N[C@@H](CO)C(=O)O. The van der Waals surface area contributed by atoms with Crippen molar-refractivity contribution in [3.8, 4) is 6.07 Å². The van der Waals surface area contributed by atoms with E-state index in [9.17, 15) is 9.59 Å². The third-order valence-corrected chi connectivity index (χ3v) is 1.89. The van der Waals surface area contributed by atoms with Crippen LogP contribution in [0.4, 0.5) is 4.79 Å². The van der Waals surface area contributed by atoms with Crippen LogP contribution in [0.5, 0.6) is 0 Å². The quantitative estimate of drug-likeness (QED) is 0.573. The van der Waals surface area contributed by atoms with Gasteiger partial charge < -0.3 is 20.4 Å². The smallest absolute Gasteiger partial charge is 0.328 e. The van der Waals surface area contributed by atoms with Crippen molar-refractivity contribution in [1.82, 2.24) is 10.2 Å². The fourth-order valence-corrected chi connectivity index (χ4v) is 0.979. The summed E-state index contributed by atoms with van der Waals surface area (Å²) in [6.45, 7) is 1.16. The van der Waals surface area contributed by atoms with Crippen LogP contribution in [0.2, 0.25) is 0 Å². The van der Waals surface area contributed by atoms with Crippen molar-refractivity contribution in [3.05, 3.63) is 0 Å². The van der Waals surface area contributed by atoms with E-state index in [1.165, 1.54) is 11.9 Å². The van der Waals surface area contributed by atoms with Crippen LogP contribution in [0.1, 0.15) is 6.92 Å². The maximum absolute atomic E-state index is 11.4. The van der Waals surface area contributed by atoms with Crippen molar-refractivity contribution in [2.45, 2.75) is 13.0 Å². The lowest BCUT2D eigenvalue weighted by atomic mass is 10.2. The highest BCUT2D eigenvalue weighted by atomic mass is 16.4. The molecule has 0 fully saturated rings. The highest BCUT2D eigenvalue weighted by molar-refractivity contribution is 5.82. The highest BCUT2D eigenvalue weighted by Crippen LogP contribution is 1.97. The molecule has 0 radical (unpaired) electrons. The molecule has 3 N–H and O–H groups in total. The van der Waals surface area contributed by atoms with E-state index in [0.717, 1.165) is 0 Å². The van der Waals surface area contributed by atoms with Gasteiger partial charge >= 0.3 is 12.0 Å². The topological polar surface area (TPSA) is 114 Å². The molecule has 2 atom stereocenters. The molecule has 0 rings (SSSR count). The summed E-state index contributed by atoms with van der Waals surface area (Å²) < 4.78 is 0. The molecule has 0 aliphatic carbocycles. The Kier molecular flexibility index (Phi) is 5.88. The highest BCUT2D eigenvalue weighted by Gasteiger charge is 2.21. The summed E-state index contributed by atoms with van der Waals surface area (Å²) >= 11 is 0. The number of aliphatic hydroxyl groups excluding tert-OH is 1. The van der Waals surface area contributed by atoms with Crippen LogP contribution in [0, 0.1) is 17.2 Å². The molecule has 0 aliphatic heterocycles. The monoisotopic (exact) mass is 229 g/mol. The Morgan fingerprint density at radius 2 is 2.12 bits per heavy atom. The Balaban J connectivity index is 4.24. The third-order valence-electron chi connectivity index (χ3n) is 1.89. The standard InChI is InChI=1S/C9H15N3O4/c1-6(3-10)4-12(2)9(16)11-7(5-13)8(14)15/h6-7,13H,4-5H2,1-2H3,(H,11,16)(H,14,15)/t6?,7-/m0/s1. The summed E-state index contributed by atoms with van der Waals surface area (Å²) in [6.07, 6.45) is 0. The van der Waals surface area contributed by atoms with Crippen LogP contribution >= 0.6 is 0 Å². The number of aliphatic carboxylic acids is 1. The fraction of sp³-hybridized carbons (Fsp3) is 0.667. The summed E-state index contributed by atoms with van der Waals surface area (Å²) in [5.74, 6) is -1.65. The molecule has 0 saturated carbocycles. The number of nitrogens with zero attached hydrogens (tertiary/aromatic N) is 2. The van der Waals surface area contributed by atoms with Crippen molar-refractivity contribution in [2.24, 2.45) is 5.92 Å². The van der Waals surface area contributed by atoms with Gasteiger partial charge in [0.2, 0.25) is 0 Å². The van der Waals surface area contributed by atoms with Gasteiger partial charge in [0.05, 0.1) is 18.6 Å². The molecule has 0 aliphatic rings. The van der Waals surface area contributed by atoms with E-state index in [0.29, 0.717) is 0 Å². The van der Waals surface area contributed by atoms with E-state index in [1.54, 1.807) is 6.92 Å². The molecule has 2 amide bonds. The van der Waals surface area contributed by atoms with Gasteiger partial charge in [0.1, 0.15) is 0 Å². The summed E-state index contributed by atoms with van der Waals surface area (Å²) in [7, 11) is 1.44. The van der Waals surface area contributed by atoms with E-state index < -0.39 is 24.6 Å². The molecule has 7 heteroatoms. The fourth-order valence-electron chi connectivity index (χ4n) is 0.979. The summed E-state index contributed by atoms with van der Waals surface area (Å²) in [4.78, 5) is 23.1. The minimum atomic E-state index is -1.33. The second-order valence-corrected chi connectivity index (χ2v) is 3.43. The second kappa shape index (κ2) is 6.63. The zero-order valence-corrected chi connectivity index (χ0v) is 9.17. The second-order valence-electron chi connectivity index (χ2n) is 3.43. The lowest BCUT2D eigenvalue weighted by molar-refractivity contribution is -0.140. The maximum atomic E-state index is 11.4. The zero-order valence-electron chi connectivity index (χ0n) is 9.17. The van der Waals surface area contributed by atoms with Crippen LogP contribution in [0.3, 0.4) is 0 Å². The number of aliphatic hydroxyl groups is 1. The zero-order chi connectivity index (χ0) is 12.7. The lowest BCUT2D eigenvalue weighted by Gasteiger charge is -2.21. The van der Waals surface area contributed by atoms with E-state index in [-0.39, 0.29) is 12.5 Å². The predicted octanol–water partition coefficient (Wildman–Crippen LogP) is -0.767. The number of rotatable bonds is 5. The number of hydrogen-bond donors (Lipinski definition) is 3. The average molecular weight is 229 g/mol. The molecule has 0 spiro atoms. The first-order valence-corrected chi connectivity index (χ1v) is 4.67. The largest absolute Gasteiger partial charge is 0.480 e. The first-order valence-electron chi connectivity index (χ1n) is 4.67. The number of carboxylic acid groups (broad SMARTS) is 1. The molecule has 0 aromatic heterocycles. The van der Waals surface area contributed by atoms with Gasteiger partial charge in [0.15, 0.2) is 6.04 Å². The predicted molar refractivity (Wildman–Crippen MR) is 54.4 cm³/mol. The van der Waals surface area contributed by atoms with E-state index in [2.05, 4.69) is 5.32 Å². The molecule has 7 nitrogen and oxygen atoms in total. The molecular formula is C9H15N3O4. The van der Waals surface area contributed by atoms with Gasteiger partial charge in [-0.2, -0.15) is 5.26 Å². The Hall–Kier alpha value is -1.81. The number of carbonyl (C=O) groups is 2. The van der Waals surface area contributed by atoms with Crippen LogP contribution in [-0.2, 0) is 4.79 Å². The first-order chi connectivity index (χ1) is 7.42. The minimum absolute atomic E-state index is 0.195. The molecule has 0 saturated heterocycles. The Bertz CT molecular complexity index is 300. The lowest BCUT2D eigenvalue weighted by Crippen LogP contribution is -2.49. The van der Waals surface area contributed by atoms with Gasteiger partial charge in [-0.3, -0.25) is 0 Å². The molecule has 0 aromatic carbocycles. The van der Waals surface area contributed by atoms with Crippen molar-refractivity contribution in [2.75, 3.05) is 20.2 Å². The van der Waals surface area contributed by atoms with Gasteiger partial charge in [-0.1, -0.05) is 0 Å². The van der Waals surface area contributed by atoms with Gasteiger partial charge in [0, 0.05) is 13.6 Å². The number of carboxylic acids is 1. The van der Waals surface area contributed by atoms with Crippen molar-refractivity contribution >= 4 is 12.0 Å². The molecule has 0 heterocycles. The number of nitrogens with one attached hydrogen (secondary N) is 1. The van der Waals surface area contributed by atoms with Crippen LogP contribution < -0.4 is 5.32 Å². The maximum Gasteiger partial charge on any atom is 0.328 e. The van der Waals surface area contributed by atoms with Crippen molar-refractivity contribution in [3.63, 3.8) is 0 Å². The number of hydrogen-bond acceptors (Lipinski definition) is 4. The molecule has 1 unspecified atom stereocenters. The summed E-state index contributed by atoms with van der Waals surface area (Å²) in [5, 5.41) is 27.9. The molecule has 90 valence electrons. The van der Waals surface area contributed by atoms with Gasteiger partial charge in [-0.05, 0) is 6.92 Å². The number of carbonyl (C=O) groups excluding carboxylic acids is 1. The minimum Gasteiger partial charge on any atom is -0.480 e.